The van der Waals surface area contributed by atoms with Gasteiger partial charge in [0.15, 0.2) is 28.0 Å². The maximum Gasteiger partial charge on any atom is 0.272 e. The summed E-state index contributed by atoms with van der Waals surface area (Å²) >= 11 is 0. The summed E-state index contributed by atoms with van der Waals surface area (Å²) in [6.07, 6.45) is 0.969. The predicted octanol–water partition coefficient (Wildman–Crippen LogP) is 3.06. The lowest BCUT2D eigenvalue weighted by Crippen LogP contribution is -2.42. The molecule has 0 spiro atoms. The average molecular weight is 440 g/mol. The standard InChI is InChI=1S/C22H20N2O6S/c25-31(26)21-7-4-10-23-22(21)30-18(14-27-17-5-2-1-3-6-17)13-24(31)12-16-8-9-19-20(11-16)29-15-28-19/h1-11,18H,12-15H2. The summed E-state index contributed by atoms with van der Waals surface area (Å²) in [6.45, 7) is 0.595. The monoisotopic (exact) mass is 440 g/mol. The molecule has 9 heteroatoms. The molecule has 2 aliphatic rings. The van der Waals surface area contributed by atoms with Gasteiger partial charge in [0.2, 0.25) is 11.7 Å². The lowest BCUT2D eigenvalue weighted by Gasteiger charge is -2.26. The van der Waals surface area contributed by atoms with Crippen molar-refractivity contribution < 1.29 is 27.7 Å². The molecule has 0 aliphatic carbocycles. The Morgan fingerprint density at radius 1 is 1.10 bits per heavy atom. The van der Waals surface area contributed by atoms with E-state index in [1.165, 1.54) is 16.6 Å². The fourth-order valence-corrected chi connectivity index (χ4v) is 5.04. The molecule has 3 heterocycles. The summed E-state index contributed by atoms with van der Waals surface area (Å²) in [4.78, 5) is 4.19. The first kappa shape index (κ1) is 19.8. The fourth-order valence-electron chi connectivity index (χ4n) is 3.51. The molecule has 0 N–H and O–H groups in total. The third kappa shape index (κ3) is 4.07. The van der Waals surface area contributed by atoms with E-state index >= 15 is 0 Å². The molecule has 8 nitrogen and oxygen atoms in total. The predicted molar refractivity (Wildman–Crippen MR) is 111 cm³/mol. The molecule has 0 fully saturated rings. The number of benzene rings is 2. The number of sulfonamides is 1. The van der Waals surface area contributed by atoms with Crippen LogP contribution < -0.4 is 18.9 Å². The van der Waals surface area contributed by atoms with Gasteiger partial charge in [-0.25, -0.2) is 4.98 Å². The van der Waals surface area contributed by atoms with Crippen LogP contribution in [0, 0.1) is 0 Å². The number of pyridine rings is 1. The Balaban J connectivity index is 1.42. The molecule has 0 saturated carbocycles. The molecule has 31 heavy (non-hydrogen) atoms. The average Bonchev–Trinajstić information content (AvgIpc) is 3.22. The van der Waals surface area contributed by atoms with Gasteiger partial charge in [-0.3, -0.25) is 0 Å². The van der Waals surface area contributed by atoms with Crippen LogP contribution in [0.4, 0.5) is 0 Å². The Morgan fingerprint density at radius 3 is 2.81 bits per heavy atom. The summed E-state index contributed by atoms with van der Waals surface area (Å²) in [6, 6.07) is 17.8. The van der Waals surface area contributed by atoms with Crippen molar-refractivity contribution in [3.63, 3.8) is 0 Å². The van der Waals surface area contributed by atoms with E-state index in [1.54, 1.807) is 18.2 Å². The number of hydrogen-bond donors (Lipinski definition) is 0. The lowest BCUT2D eigenvalue weighted by atomic mass is 10.2. The number of rotatable bonds is 5. The van der Waals surface area contributed by atoms with Gasteiger partial charge < -0.3 is 23.5 Å². The molecule has 0 amide bonds. The van der Waals surface area contributed by atoms with E-state index in [-0.39, 0.29) is 37.3 Å². The highest BCUT2D eigenvalue weighted by Gasteiger charge is 2.40. The van der Waals surface area contributed by atoms with Gasteiger partial charge in [-0.05, 0) is 35.9 Å². The van der Waals surface area contributed by atoms with Crippen LogP contribution in [0.25, 0.3) is 0 Å². The zero-order valence-electron chi connectivity index (χ0n) is 16.5. The number of fused-ring (bicyclic) bond motifs is 2. The van der Waals surface area contributed by atoms with Crippen LogP contribution in [0.1, 0.15) is 5.56 Å². The van der Waals surface area contributed by atoms with Crippen LogP contribution in [0.3, 0.4) is 0 Å². The summed E-state index contributed by atoms with van der Waals surface area (Å²) in [5.74, 6) is 2.01. The van der Waals surface area contributed by atoms with Crippen molar-refractivity contribution in [2.45, 2.75) is 17.5 Å². The van der Waals surface area contributed by atoms with Crippen molar-refractivity contribution in [2.24, 2.45) is 0 Å². The van der Waals surface area contributed by atoms with Gasteiger partial charge in [-0.2, -0.15) is 0 Å². The smallest absolute Gasteiger partial charge is 0.272 e. The number of aromatic nitrogens is 1. The third-order valence-corrected chi connectivity index (χ3v) is 6.84. The van der Waals surface area contributed by atoms with Crippen molar-refractivity contribution >= 4 is 10.4 Å². The fraction of sp³-hybridized carbons (Fsp3) is 0.227. The Bertz CT molecular complexity index is 1130. The summed E-state index contributed by atoms with van der Waals surface area (Å²) in [7, 11) is -3.83. The van der Waals surface area contributed by atoms with Gasteiger partial charge in [0.1, 0.15) is 12.4 Å². The maximum absolute atomic E-state index is 13.4. The molecule has 0 saturated heterocycles. The van der Waals surface area contributed by atoms with Gasteiger partial charge in [0, 0.05) is 12.3 Å². The van der Waals surface area contributed by atoms with E-state index in [0.29, 0.717) is 17.2 Å². The van der Waals surface area contributed by atoms with Crippen LogP contribution in [-0.2, 0) is 21.2 Å². The summed E-state index contributed by atoms with van der Waals surface area (Å²) in [5, 5.41) is 0. The van der Waals surface area contributed by atoms with E-state index in [4.69, 9.17) is 18.9 Å². The SMILES string of the molecule is O=[S+]1([O-])c2cccnc2OC(COc2ccccc2)CN1Cc1ccc2c(c1)OCO2. The van der Waals surface area contributed by atoms with Crippen molar-refractivity contribution in [2.75, 3.05) is 19.9 Å². The second-order valence-electron chi connectivity index (χ2n) is 7.16. The van der Waals surface area contributed by atoms with Crippen molar-refractivity contribution in [3.8, 4) is 23.1 Å². The zero-order valence-corrected chi connectivity index (χ0v) is 17.3. The quantitative estimate of drug-likeness (QED) is 0.563. The topological polar surface area (TPSA) is 93.2 Å². The van der Waals surface area contributed by atoms with Crippen LogP contribution in [0.15, 0.2) is 71.8 Å². The van der Waals surface area contributed by atoms with E-state index in [0.717, 1.165) is 5.56 Å². The Labute approximate surface area is 180 Å². The van der Waals surface area contributed by atoms with Crippen LogP contribution in [-0.4, -0.2) is 39.9 Å². The van der Waals surface area contributed by atoms with Crippen molar-refractivity contribution in [1.82, 2.24) is 9.29 Å². The minimum absolute atomic E-state index is 0.0398. The molecule has 2 atom stereocenters. The highest BCUT2D eigenvalue weighted by molar-refractivity contribution is 7.95. The maximum atomic E-state index is 13.4. The number of nitrogens with zero attached hydrogens (tertiary/aromatic N) is 2. The minimum atomic E-state index is -3.83. The molecule has 160 valence electrons. The van der Waals surface area contributed by atoms with Gasteiger partial charge in [0.25, 0.3) is 5.88 Å². The van der Waals surface area contributed by atoms with Gasteiger partial charge in [0.05, 0.1) is 13.1 Å². The van der Waals surface area contributed by atoms with Gasteiger partial charge in [-0.15, -0.1) is 4.31 Å². The van der Waals surface area contributed by atoms with Crippen molar-refractivity contribution in [3.05, 3.63) is 72.4 Å². The Hall–Kier alpha value is -3.14. The molecule has 2 unspecified atom stereocenters. The first-order valence-electron chi connectivity index (χ1n) is 9.78. The van der Waals surface area contributed by atoms with Crippen LogP contribution in [0.5, 0.6) is 23.1 Å². The number of para-hydroxylation sites is 1. The Morgan fingerprint density at radius 2 is 1.94 bits per heavy atom. The van der Waals surface area contributed by atoms with E-state index < -0.39 is 16.5 Å². The molecule has 5 rings (SSSR count). The molecule has 0 bridgehead atoms. The largest absolute Gasteiger partial charge is 0.593 e. The second-order valence-corrected chi connectivity index (χ2v) is 9.06. The molecule has 0 radical (unpaired) electrons. The summed E-state index contributed by atoms with van der Waals surface area (Å²) < 4.78 is 50.7. The van der Waals surface area contributed by atoms with E-state index in [9.17, 15) is 8.76 Å². The molecule has 3 aromatic rings. The lowest BCUT2D eigenvalue weighted by molar-refractivity contribution is 0.105. The molecule has 1 aromatic heterocycles. The van der Waals surface area contributed by atoms with E-state index in [2.05, 4.69) is 4.98 Å². The minimum Gasteiger partial charge on any atom is -0.593 e. The molecule has 2 aliphatic heterocycles. The highest BCUT2D eigenvalue weighted by atomic mass is 32.3. The molecular formula is C22H20N2O6S. The van der Waals surface area contributed by atoms with Crippen LogP contribution in [0.2, 0.25) is 0 Å². The Kier molecular flexibility index (Phi) is 5.23. The number of ether oxygens (including phenoxy) is 4. The first-order valence-corrected chi connectivity index (χ1v) is 11.2. The molecule has 2 aromatic carbocycles. The highest BCUT2D eigenvalue weighted by Crippen LogP contribution is 2.36. The van der Waals surface area contributed by atoms with Crippen molar-refractivity contribution in [1.29, 1.82) is 0 Å². The number of hydrogen-bond acceptors (Lipinski definition) is 7. The van der Waals surface area contributed by atoms with Crippen LogP contribution >= 0.6 is 0 Å². The summed E-state index contributed by atoms with van der Waals surface area (Å²) in [5.41, 5.74) is 0.780. The van der Waals surface area contributed by atoms with E-state index in [1.807, 2.05) is 36.4 Å². The van der Waals surface area contributed by atoms with Gasteiger partial charge >= 0.3 is 0 Å². The third-order valence-electron chi connectivity index (χ3n) is 5.01. The van der Waals surface area contributed by atoms with Gasteiger partial charge in [-0.1, -0.05) is 28.5 Å². The normalized spacial score (nSPS) is 22.3. The first-order chi connectivity index (χ1) is 15.1. The molecular weight excluding hydrogens is 420 g/mol. The zero-order chi connectivity index (χ0) is 21.3. The second kappa shape index (κ2) is 8.18.